The fraction of sp³-hybridized carbons (Fsp3) is 0.235. The lowest BCUT2D eigenvalue weighted by Gasteiger charge is -2.22. The van der Waals surface area contributed by atoms with Gasteiger partial charge in [-0.3, -0.25) is 4.79 Å². The number of carbonyl (C=O) groups is 1. The smallest absolute Gasteiger partial charge is 0.257 e. The molecule has 4 heteroatoms. The first kappa shape index (κ1) is 13.5. The van der Waals surface area contributed by atoms with Crippen molar-refractivity contribution in [3.63, 3.8) is 0 Å². The molecular weight excluding hydrogens is 262 g/mol. The van der Waals surface area contributed by atoms with Crippen molar-refractivity contribution < 1.29 is 4.79 Å². The summed E-state index contributed by atoms with van der Waals surface area (Å²) >= 11 is 0. The van der Waals surface area contributed by atoms with E-state index >= 15 is 0 Å². The number of hydrogen-bond donors (Lipinski definition) is 3. The van der Waals surface area contributed by atoms with Crippen LogP contribution in [-0.2, 0) is 6.42 Å². The Hall–Kier alpha value is -2.49. The summed E-state index contributed by atoms with van der Waals surface area (Å²) in [6.45, 7) is 3.78. The highest BCUT2D eigenvalue weighted by Gasteiger charge is 2.17. The molecule has 0 aliphatic carbocycles. The van der Waals surface area contributed by atoms with Crippen molar-refractivity contribution >= 4 is 23.0 Å². The summed E-state index contributed by atoms with van der Waals surface area (Å²) in [7, 11) is 0. The van der Waals surface area contributed by atoms with Gasteiger partial charge >= 0.3 is 0 Å². The molecule has 0 saturated carbocycles. The summed E-state index contributed by atoms with van der Waals surface area (Å²) < 4.78 is 0. The Morgan fingerprint density at radius 1 is 1.10 bits per heavy atom. The quantitative estimate of drug-likeness (QED) is 0.809. The van der Waals surface area contributed by atoms with E-state index in [1.165, 1.54) is 0 Å². The normalized spacial score (nSPS) is 12.8. The molecule has 0 fully saturated rings. The standard InChI is InChI=1S/C17H19N3O/c1-2-12-6-3-4-8-14(12)20-17(21)13-7-5-9-15-16(13)19-11-10-18-15/h3-9,18-19H,2,10-11H2,1H3,(H,20,21). The Morgan fingerprint density at radius 3 is 2.76 bits per heavy atom. The highest BCUT2D eigenvalue weighted by Crippen LogP contribution is 2.29. The molecule has 0 atom stereocenters. The van der Waals surface area contributed by atoms with Gasteiger partial charge in [0.25, 0.3) is 5.91 Å². The first-order valence-corrected chi connectivity index (χ1v) is 7.29. The van der Waals surface area contributed by atoms with Gasteiger partial charge in [-0.05, 0) is 30.2 Å². The molecule has 108 valence electrons. The molecular formula is C17H19N3O. The van der Waals surface area contributed by atoms with Gasteiger partial charge in [-0.1, -0.05) is 31.2 Å². The summed E-state index contributed by atoms with van der Waals surface area (Å²) in [5, 5.41) is 9.63. The van der Waals surface area contributed by atoms with E-state index in [0.29, 0.717) is 5.56 Å². The predicted octanol–water partition coefficient (Wildman–Crippen LogP) is 3.34. The third-order valence-corrected chi connectivity index (χ3v) is 3.70. The molecule has 0 aromatic heterocycles. The van der Waals surface area contributed by atoms with Gasteiger partial charge in [0.15, 0.2) is 0 Å². The lowest BCUT2D eigenvalue weighted by atomic mass is 10.1. The van der Waals surface area contributed by atoms with Crippen molar-refractivity contribution in [1.29, 1.82) is 0 Å². The molecule has 21 heavy (non-hydrogen) atoms. The van der Waals surface area contributed by atoms with E-state index in [2.05, 4.69) is 22.9 Å². The van der Waals surface area contributed by atoms with E-state index in [0.717, 1.165) is 42.1 Å². The Balaban J connectivity index is 1.89. The lowest BCUT2D eigenvalue weighted by Crippen LogP contribution is -2.24. The third kappa shape index (κ3) is 2.70. The number of para-hydroxylation sites is 2. The molecule has 1 aliphatic heterocycles. The first-order valence-electron chi connectivity index (χ1n) is 7.29. The average Bonchev–Trinajstić information content (AvgIpc) is 2.54. The van der Waals surface area contributed by atoms with Gasteiger partial charge in [0.2, 0.25) is 0 Å². The number of fused-ring (bicyclic) bond motifs is 1. The number of carbonyl (C=O) groups excluding carboxylic acids is 1. The van der Waals surface area contributed by atoms with Crippen LogP contribution in [-0.4, -0.2) is 19.0 Å². The largest absolute Gasteiger partial charge is 0.382 e. The number of nitrogens with one attached hydrogen (secondary N) is 3. The Kier molecular flexibility index (Phi) is 3.77. The first-order chi connectivity index (χ1) is 10.3. The summed E-state index contributed by atoms with van der Waals surface area (Å²) in [5.74, 6) is -0.0797. The van der Waals surface area contributed by atoms with Gasteiger partial charge in [-0.15, -0.1) is 0 Å². The van der Waals surface area contributed by atoms with Crippen LogP contribution < -0.4 is 16.0 Å². The van der Waals surface area contributed by atoms with E-state index < -0.39 is 0 Å². The maximum atomic E-state index is 12.6. The zero-order chi connectivity index (χ0) is 14.7. The van der Waals surface area contributed by atoms with Gasteiger partial charge in [0.05, 0.1) is 16.9 Å². The fourth-order valence-corrected chi connectivity index (χ4v) is 2.60. The molecule has 1 aliphatic rings. The van der Waals surface area contributed by atoms with Gasteiger partial charge in [-0.2, -0.15) is 0 Å². The molecule has 2 aromatic rings. The molecule has 3 N–H and O–H groups in total. The van der Waals surface area contributed by atoms with Crippen LogP contribution in [0.1, 0.15) is 22.8 Å². The molecule has 3 rings (SSSR count). The predicted molar refractivity (Wildman–Crippen MR) is 87.2 cm³/mol. The van der Waals surface area contributed by atoms with E-state index in [-0.39, 0.29) is 5.91 Å². The van der Waals surface area contributed by atoms with Gasteiger partial charge in [-0.25, -0.2) is 0 Å². The number of aryl methyl sites for hydroxylation is 1. The zero-order valence-corrected chi connectivity index (χ0v) is 12.1. The van der Waals surface area contributed by atoms with Crippen LogP contribution in [0, 0.1) is 0 Å². The summed E-state index contributed by atoms with van der Waals surface area (Å²) in [4.78, 5) is 12.6. The third-order valence-electron chi connectivity index (χ3n) is 3.70. The minimum absolute atomic E-state index is 0.0797. The topological polar surface area (TPSA) is 53.2 Å². The lowest BCUT2D eigenvalue weighted by molar-refractivity contribution is 0.102. The minimum Gasteiger partial charge on any atom is -0.382 e. The monoisotopic (exact) mass is 281 g/mol. The van der Waals surface area contributed by atoms with Crippen LogP contribution in [0.3, 0.4) is 0 Å². The van der Waals surface area contributed by atoms with Gasteiger partial charge < -0.3 is 16.0 Å². The van der Waals surface area contributed by atoms with Crippen LogP contribution >= 0.6 is 0 Å². The van der Waals surface area contributed by atoms with Crippen LogP contribution in [0.15, 0.2) is 42.5 Å². The molecule has 0 unspecified atom stereocenters. The fourth-order valence-electron chi connectivity index (χ4n) is 2.60. The van der Waals surface area contributed by atoms with Crippen molar-refractivity contribution in [2.45, 2.75) is 13.3 Å². The highest BCUT2D eigenvalue weighted by molar-refractivity contribution is 6.10. The molecule has 0 saturated heterocycles. The SMILES string of the molecule is CCc1ccccc1NC(=O)c1cccc2c1NCCN2. The number of amides is 1. The molecule has 1 heterocycles. The van der Waals surface area contributed by atoms with Crippen LogP contribution in [0.25, 0.3) is 0 Å². The van der Waals surface area contributed by atoms with Crippen molar-refractivity contribution in [3.05, 3.63) is 53.6 Å². The number of anilines is 3. The number of hydrogen-bond acceptors (Lipinski definition) is 3. The highest BCUT2D eigenvalue weighted by atomic mass is 16.1. The molecule has 4 nitrogen and oxygen atoms in total. The average molecular weight is 281 g/mol. The molecule has 0 bridgehead atoms. The van der Waals surface area contributed by atoms with Crippen molar-refractivity contribution in [2.75, 3.05) is 29.0 Å². The molecule has 0 spiro atoms. The second-order valence-corrected chi connectivity index (χ2v) is 5.05. The Bertz CT molecular complexity index is 667. The van der Waals surface area contributed by atoms with Crippen molar-refractivity contribution in [2.24, 2.45) is 0 Å². The Labute approximate surface area is 124 Å². The van der Waals surface area contributed by atoms with E-state index in [1.54, 1.807) is 0 Å². The van der Waals surface area contributed by atoms with E-state index in [9.17, 15) is 4.79 Å². The molecule has 2 aromatic carbocycles. The molecule has 1 amide bonds. The summed E-state index contributed by atoms with van der Waals surface area (Å²) in [6, 6.07) is 13.6. The second kappa shape index (κ2) is 5.87. The van der Waals surface area contributed by atoms with Crippen molar-refractivity contribution in [1.82, 2.24) is 0 Å². The maximum absolute atomic E-state index is 12.6. The van der Waals surface area contributed by atoms with Crippen LogP contribution in [0.5, 0.6) is 0 Å². The minimum atomic E-state index is -0.0797. The van der Waals surface area contributed by atoms with Gasteiger partial charge in [0, 0.05) is 18.8 Å². The van der Waals surface area contributed by atoms with Crippen molar-refractivity contribution in [3.8, 4) is 0 Å². The maximum Gasteiger partial charge on any atom is 0.257 e. The van der Waals surface area contributed by atoms with Crippen LogP contribution in [0.2, 0.25) is 0 Å². The van der Waals surface area contributed by atoms with E-state index in [4.69, 9.17) is 0 Å². The Morgan fingerprint density at radius 2 is 1.90 bits per heavy atom. The second-order valence-electron chi connectivity index (χ2n) is 5.05. The number of rotatable bonds is 3. The van der Waals surface area contributed by atoms with Crippen LogP contribution in [0.4, 0.5) is 17.1 Å². The van der Waals surface area contributed by atoms with E-state index in [1.807, 2.05) is 42.5 Å². The molecule has 0 radical (unpaired) electrons. The summed E-state index contributed by atoms with van der Waals surface area (Å²) in [6.07, 6.45) is 0.892. The number of benzene rings is 2. The zero-order valence-electron chi connectivity index (χ0n) is 12.1. The van der Waals surface area contributed by atoms with Gasteiger partial charge in [0.1, 0.15) is 0 Å². The summed E-state index contributed by atoms with van der Waals surface area (Å²) in [5.41, 5.74) is 4.56.